The van der Waals surface area contributed by atoms with Gasteiger partial charge >= 0.3 is 0 Å². The molecule has 4 nitrogen and oxygen atoms in total. The van der Waals surface area contributed by atoms with Crippen LogP contribution in [0.1, 0.15) is 16.8 Å². The zero-order valence-electron chi connectivity index (χ0n) is 11.7. The number of fused-ring (bicyclic) bond motifs is 1. The van der Waals surface area contributed by atoms with Crippen LogP contribution in [-0.4, -0.2) is 26.3 Å². The molecule has 0 aliphatic heterocycles. The van der Waals surface area contributed by atoms with E-state index in [9.17, 15) is 0 Å². The summed E-state index contributed by atoms with van der Waals surface area (Å²) in [5.74, 6) is 0. The number of nitrogens with zero attached hydrogens (tertiary/aromatic N) is 3. The fourth-order valence-electron chi connectivity index (χ4n) is 2.41. The first-order valence-electron chi connectivity index (χ1n) is 6.71. The predicted molar refractivity (Wildman–Crippen MR) is 78.7 cm³/mol. The van der Waals surface area contributed by atoms with E-state index in [-0.39, 0.29) is 6.61 Å². The SMILES string of the molecule is Cc1ccc(-c2ccc3nc(CCO)cn3n2)c(C)c1. The molecule has 0 radical (unpaired) electrons. The Balaban J connectivity index is 2.07. The lowest BCUT2D eigenvalue weighted by atomic mass is 10.0. The summed E-state index contributed by atoms with van der Waals surface area (Å²) in [6.45, 7) is 4.29. The second-order valence-electron chi connectivity index (χ2n) is 5.05. The van der Waals surface area contributed by atoms with Crippen molar-refractivity contribution in [2.24, 2.45) is 0 Å². The van der Waals surface area contributed by atoms with E-state index >= 15 is 0 Å². The number of benzene rings is 1. The van der Waals surface area contributed by atoms with Gasteiger partial charge in [-0.1, -0.05) is 23.8 Å². The molecule has 0 aliphatic rings. The van der Waals surface area contributed by atoms with Crippen LogP contribution in [0.4, 0.5) is 0 Å². The lowest BCUT2D eigenvalue weighted by Gasteiger charge is -2.06. The quantitative estimate of drug-likeness (QED) is 0.793. The molecule has 0 atom stereocenters. The molecular formula is C16H17N3O. The van der Waals surface area contributed by atoms with Crippen LogP contribution in [0.5, 0.6) is 0 Å². The zero-order chi connectivity index (χ0) is 14.1. The summed E-state index contributed by atoms with van der Waals surface area (Å²) in [6.07, 6.45) is 2.43. The van der Waals surface area contributed by atoms with E-state index in [1.165, 1.54) is 11.1 Å². The van der Waals surface area contributed by atoms with Crippen LogP contribution in [0, 0.1) is 13.8 Å². The highest BCUT2D eigenvalue weighted by molar-refractivity contribution is 5.64. The van der Waals surface area contributed by atoms with Gasteiger partial charge in [0.25, 0.3) is 0 Å². The summed E-state index contributed by atoms with van der Waals surface area (Å²) >= 11 is 0. The molecule has 3 aromatic rings. The molecule has 0 spiro atoms. The number of aryl methyl sites for hydroxylation is 2. The Morgan fingerprint density at radius 1 is 1.15 bits per heavy atom. The molecule has 1 aromatic carbocycles. The predicted octanol–water partition coefficient (Wildman–Crippen LogP) is 2.55. The van der Waals surface area contributed by atoms with Crippen molar-refractivity contribution < 1.29 is 5.11 Å². The normalized spacial score (nSPS) is 11.2. The monoisotopic (exact) mass is 267 g/mol. The van der Waals surface area contributed by atoms with Gasteiger partial charge in [-0.25, -0.2) is 9.50 Å². The molecule has 1 N–H and O–H groups in total. The summed E-state index contributed by atoms with van der Waals surface area (Å²) in [6, 6.07) is 10.3. The van der Waals surface area contributed by atoms with E-state index < -0.39 is 0 Å². The molecular weight excluding hydrogens is 250 g/mol. The Kier molecular flexibility index (Phi) is 3.24. The third-order valence-electron chi connectivity index (χ3n) is 3.40. The highest BCUT2D eigenvalue weighted by atomic mass is 16.3. The third-order valence-corrected chi connectivity index (χ3v) is 3.40. The van der Waals surface area contributed by atoms with Crippen LogP contribution < -0.4 is 0 Å². The van der Waals surface area contributed by atoms with Crippen molar-refractivity contribution in [2.75, 3.05) is 6.61 Å². The molecule has 2 heterocycles. The van der Waals surface area contributed by atoms with Crippen molar-refractivity contribution in [3.05, 3.63) is 53.3 Å². The fraction of sp³-hybridized carbons (Fsp3) is 0.250. The third kappa shape index (κ3) is 2.30. The molecule has 0 unspecified atom stereocenters. The van der Waals surface area contributed by atoms with Crippen LogP contribution >= 0.6 is 0 Å². The maximum Gasteiger partial charge on any atom is 0.153 e. The smallest absolute Gasteiger partial charge is 0.153 e. The van der Waals surface area contributed by atoms with E-state index in [1.54, 1.807) is 4.52 Å². The van der Waals surface area contributed by atoms with Gasteiger partial charge in [0.15, 0.2) is 5.65 Å². The minimum Gasteiger partial charge on any atom is -0.396 e. The van der Waals surface area contributed by atoms with E-state index in [2.05, 4.69) is 42.1 Å². The van der Waals surface area contributed by atoms with Gasteiger partial charge in [0.1, 0.15) is 0 Å². The van der Waals surface area contributed by atoms with Crippen molar-refractivity contribution in [3.8, 4) is 11.3 Å². The molecule has 4 heteroatoms. The summed E-state index contributed by atoms with van der Waals surface area (Å²) in [7, 11) is 0. The maximum atomic E-state index is 8.97. The number of hydrogen-bond acceptors (Lipinski definition) is 3. The van der Waals surface area contributed by atoms with E-state index in [0.717, 1.165) is 22.6 Å². The number of aliphatic hydroxyl groups excluding tert-OH is 1. The standard InChI is InChI=1S/C16H17N3O/c1-11-3-4-14(12(2)9-11)15-5-6-16-17-13(7-8-20)10-19(16)18-15/h3-6,9-10,20H,7-8H2,1-2H3. The van der Waals surface area contributed by atoms with Crippen molar-refractivity contribution in [1.82, 2.24) is 14.6 Å². The van der Waals surface area contributed by atoms with Crippen molar-refractivity contribution in [3.63, 3.8) is 0 Å². The minimum atomic E-state index is 0.105. The highest BCUT2D eigenvalue weighted by Crippen LogP contribution is 2.22. The number of aromatic nitrogens is 3. The number of hydrogen-bond donors (Lipinski definition) is 1. The summed E-state index contributed by atoms with van der Waals surface area (Å²) in [4.78, 5) is 4.41. The van der Waals surface area contributed by atoms with Crippen molar-refractivity contribution >= 4 is 5.65 Å². The van der Waals surface area contributed by atoms with Crippen LogP contribution in [0.3, 0.4) is 0 Å². The number of imidazole rings is 1. The Bertz CT molecular complexity index is 762. The van der Waals surface area contributed by atoms with Gasteiger partial charge in [-0.3, -0.25) is 0 Å². The molecule has 0 saturated heterocycles. The van der Waals surface area contributed by atoms with Gasteiger partial charge in [0.2, 0.25) is 0 Å². The summed E-state index contributed by atoms with van der Waals surface area (Å²) in [5.41, 5.74) is 6.20. The molecule has 2 aromatic heterocycles. The van der Waals surface area contributed by atoms with E-state index in [0.29, 0.717) is 6.42 Å². The molecule has 0 aliphatic carbocycles. The van der Waals surface area contributed by atoms with Crippen LogP contribution in [0.15, 0.2) is 36.5 Å². The molecule has 20 heavy (non-hydrogen) atoms. The lowest BCUT2D eigenvalue weighted by Crippen LogP contribution is -1.94. The molecule has 0 saturated carbocycles. The second-order valence-corrected chi connectivity index (χ2v) is 5.05. The van der Waals surface area contributed by atoms with Crippen molar-refractivity contribution in [2.45, 2.75) is 20.3 Å². The first-order chi connectivity index (χ1) is 9.67. The van der Waals surface area contributed by atoms with Gasteiger partial charge in [0.05, 0.1) is 17.6 Å². The largest absolute Gasteiger partial charge is 0.396 e. The molecule has 0 bridgehead atoms. The second kappa shape index (κ2) is 5.06. The van der Waals surface area contributed by atoms with Crippen LogP contribution in [-0.2, 0) is 6.42 Å². The molecule has 102 valence electrons. The topological polar surface area (TPSA) is 50.4 Å². The number of aliphatic hydroxyl groups is 1. The molecule has 0 fully saturated rings. The Morgan fingerprint density at radius 3 is 2.75 bits per heavy atom. The summed E-state index contributed by atoms with van der Waals surface area (Å²) < 4.78 is 1.78. The Labute approximate surface area is 117 Å². The van der Waals surface area contributed by atoms with Crippen LogP contribution in [0.25, 0.3) is 16.9 Å². The van der Waals surface area contributed by atoms with Crippen molar-refractivity contribution in [1.29, 1.82) is 0 Å². The van der Waals surface area contributed by atoms with Gasteiger partial charge in [-0.2, -0.15) is 5.10 Å². The molecule has 0 amide bonds. The Hall–Kier alpha value is -2.20. The Morgan fingerprint density at radius 2 is 2.00 bits per heavy atom. The summed E-state index contributed by atoms with van der Waals surface area (Å²) in [5, 5.41) is 13.6. The fourth-order valence-corrected chi connectivity index (χ4v) is 2.41. The van der Waals surface area contributed by atoms with E-state index in [1.807, 2.05) is 18.3 Å². The highest BCUT2D eigenvalue weighted by Gasteiger charge is 2.07. The minimum absolute atomic E-state index is 0.105. The van der Waals surface area contributed by atoms with Gasteiger partial charge in [-0.15, -0.1) is 0 Å². The van der Waals surface area contributed by atoms with Gasteiger partial charge in [0, 0.05) is 18.6 Å². The molecule has 3 rings (SSSR count). The zero-order valence-corrected chi connectivity index (χ0v) is 11.7. The van der Waals surface area contributed by atoms with Crippen LogP contribution in [0.2, 0.25) is 0 Å². The lowest BCUT2D eigenvalue weighted by molar-refractivity contribution is 0.298. The average molecular weight is 267 g/mol. The average Bonchev–Trinajstić information content (AvgIpc) is 2.80. The first-order valence-corrected chi connectivity index (χ1v) is 6.71. The van der Waals surface area contributed by atoms with Gasteiger partial charge < -0.3 is 5.11 Å². The van der Waals surface area contributed by atoms with E-state index in [4.69, 9.17) is 5.11 Å². The van der Waals surface area contributed by atoms with Gasteiger partial charge in [-0.05, 0) is 31.5 Å². The maximum absolute atomic E-state index is 8.97. The first kappa shape index (κ1) is 12.8. The number of rotatable bonds is 3.